The zero-order valence-corrected chi connectivity index (χ0v) is 24.9. The van der Waals surface area contributed by atoms with Crippen LogP contribution in [0, 0.1) is 0 Å². The lowest BCUT2D eigenvalue weighted by molar-refractivity contribution is -0.158. The lowest BCUT2D eigenvalue weighted by Crippen LogP contribution is -2.64. The van der Waals surface area contributed by atoms with Gasteiger partial charge in [-0.25, -0.2) is 4.79 Å². The quantitative estimate of drug-likeness (QED) is 0.321. The number of aromatic hydroxyl groups is 1. The molecule has 0 saturated carbocycles. The van der Waals surface area contributed by atoms with Gasteiger partial charge in [0.15, 0.2) is 6.04 Å². The molecule has 3 rings (SSSR count). The monoisotopic (exact) mass is 544 g/mol. The number of aliphatic imine (C=N–C) groups is 1. The number of nitrogens with zero attached hydrogens (tertiary/aromatic N) is 2. The third kappa shape index (κ3) is 6.42. The highest BCUT2D eigenvalue weighted by Crippen LogP contribution is 2.43. The van der Waals surface area contributed by atoms with E-state index < -0.39 is 23.6 Å². The normalized spacial score (nSPS) is 20.4. The molecule has 1 aromatic carbocycles. The predicted octanol–water partition coefficient (Wildman–Crippen LogP) is 4.85. The van der Waals surface area contributed by atoms with Crippen molar-refractivity contribution in [2.45, 2.75) is 97.1 Å². The van der Waals surface area contributed by atoms with Gasteiger partial charge >= 0.3 is 11.9 Å². The molecule has 2 atom stereocenters. The number of ether oxygens (including phenoxy) is 2. The summed E-state index contributed by atoms with van der Waals surface area (Å²) in [6.45, 7) is 18.7. The standard InChI is InChI=1S/C29H40N2O6S/c1-16(32)36-14-18-15-38-25-21(24(34)31(25)22(18)26(35)37-29(8,9)10)30-13-17-11-19(27(2,3)4)23(33)20(12-17)28(5,6)7/h11-13,21,25,33H,14-15H2,1-10H3/t21-,25-/m1/s1. The van der Waals surface area contributed by atoms with Gasteiger partial charge in [-0.15, -0.1) is 11.8 Å². The molecule has 0 spiro atoms. The lowest BCUT2D eigenvalue weighted by Gasteiger charge is -2.48. The number of hydrogen-bond acceptors (Lipinski definition) is 8. The van der Waals surface area contributed by atoms with E-state index in [1.54, 1.807) is 27.0 Å². The fraction of sp³-hybridized carbons (Fsp3) is 0.586. The van der Waals surface area contributed by atoms with Crippen molar-refractivity contribution < 1.29 is 29.0 Å². The summed E-state index contributed by atoms with van der Waals surface area (Å²) >= 11 is 1.47. The van der Waals surface area contributed by atoms with Gasteiger partial charge in [0, 0.05) is 35.6 Å². The maximum atomic E-state index is 13.3. The molecule has 1 aromatic rings. The Hall–Kier alpha value is -2.81. The number of benzene rings is 1. The SMILES string of the molecule is CC(=O)OCC1=C(C(=O)OC(C)(C)C)N2C(=O)[C@@H](N=Cc3cc(C(C)(C)C)c(O)c(C(C)(C)C)c3)[C@H]2SC1. The number of thioether (sulfide) groups is 1. The summed E-state index contributed by atoms with van der Waals surface area (Å²) in [6.07, 6.45) is 1.68. The second-order valence-corrected chi connectivity index (χ2v) is 13.9. The van der Waals surface area contributed by atoms with Gasteiger partial charge in [0.25, 0.3) is 5.91 Å². The maximum Gasteiger partial charge on any atom is 0.355 e. The minimum atomic E-state index is -0.753. The van der Waals surface area contributed by atoms with E-state index in [1.807, 2.05) is 53.7 Å². The van der Waals surface area contributed by atoms with Crippen molar-refractivity contribution in [3.05, 3.63) is 40.1 Å². The highest BCUT2D eigenvalue weighted by Gasteiger charge is 2.54. The number of carbonyl (C=O) groups is 3. The Morgan fingerprint density at radius 1 is 1.08 bits per heavy atom. The Balaban J connectivity index is 1.94. The third-order valence-corrected chi connectivity index (χ3v) is 7.52. The summed E-state index contributed by atoms with van der Waals surface area (Å²) in [6, 6.07) is 3.15. The van der Waals surface area contributed by atoms with Gasteiger partial charge in [-0.3, -0.25) is 19.5 Å². The highest BCUT2D eigenvalue weighted by molar-refractivity contribution is 8.00. The Labute approximate surface area is 229 Å². The van der Waals surface area contributed by atoms with Crippen molar-refractivity contribution in [1.82, 2.24) is 4.90 Å². The zero-order chi connectivity index (χ0) is 28.8. The zero-order valence-electron chi connectivity index (χ0n) is 24.1. The Kier molecular flexibility index (Phi) is 8.14. The molecule has 1 amide bonds. The molecule has 0 aliphatic carbocycles. The van der Waals surface area contributed by atoms with Crippen LogP contribution in [0.15, 0.2) is 28.4 Å². The number of amides is 1. The van der Waals surface area contributed by atoms with Gasteiger partial charge in [0.1, 0.15) is 29.0 Å². The van der Waals surface area contributed by atoms with Gasteiger partial charge < -0.3 is 14.6 Å². The molecule has 9 heteroatoms. The van der Waals surface area contributed by atoms with Crippen LogP contribution in [0.5, 0.6) is 5.75 Å². The molecule has 0 radical (unpaired) electrons. The Morgan fingerprint density at radius 2 is 1.63 bits per heavy atom. The average Bonchev–Trinajstić information content (AvgIpc) is 2.75. The van der Waals surface area contributed by atoms with Crippen molar-refractivity contribution in [1.29, 1.82) is 0 Å². The molecule has 1 saturated heterocycles. The van der Waals surface area contributed by atoms with Crippen molar-refractivity contribution in [2.24, 2.45) is 4.99 Å². The number of phenols is 1. The van der Waals surface area contributed by atoms with Crippen LogP contribution < -0.4 is 0 Å². The number of hydrogen-bond donors (Lipinski definition) is 1. The van der Waals surface area contributed by atoms with Gasteiger partial charge in [0.2, 0.25) is 0 Å². The molecule has 2 heterocycles. The molecule has 1 fully saturated rings. The Bertz CT molecular complexity index is 1160. The fourth-order valence-corrected chi connectivity index (χ4v) is 5.64. The van der Waals surface area contributed by atoms with E-state index in [4.69, 9.17) is 9.47 Å². The number of esters is 2. The van der Waals surface area contributed by atoms with E-state index >= 15 is 0 Å². The molecule has 0 bridgehead atoms. The molecular weight excluding hydrogens is 504 g/mol. The predicted molar refractivity (Wildman–Crippen MR) is 149 cm³/mol. The van der Waals surface area contributed by atoms with Crippen LogP contribution in [0.2, 0.25) is 0 Å². The van der Waals surface area contributed by atoms with Crippen molar-refractivity contribution in [3.8, 4) is 5.75 Å². The summed E-state index contributed by atoms with van der Waals surface area (Å²) in [5.41, 5.74) is 1.75. The molecule has 0 aromatic heterocycles. The summed E-state index contributed by atoms with van der Waals surface area (Å²) in [4.78, 5) is 43.8. The third-order valence-electron chi connectivity index (χ3n) is 6.19. The van der Waals surface area contributed by atoms with Gasteiger partial charge in [-0.2, -0.15) is 0 Å². The van der Waals surface area contributed by atoms with Crippen LogP contribution in [-0.2, 0) is 34.7 Å². The summed E-state index contributed by atoms with van der Waals surface area (Å²) < 4.78 is 10.7. The second kappa shape index (κ2) is 10.4. The molecule has 8 nitrogen and oxygen atoms in total. The molecule has 38 heavy (non-hydrogen) atoms. The second-order valence-electron chi connectivity index (χ2n) is 12.8. The number of rotatable bonds is 5. The van der Waals surface area contributed by atoms with Crippen LogP contribution in [0.3, 0.4) is 0 Å². The van der Waals surface area contributed by atoms with Crippen molar-refractivity contribution in [3.63, 3.8) is 0 Å². The topological polar surface area (TPSA) is 106 Å². The van der Waals surface area contributed by atoms with E-state index in [9.17, 15) is 19.5 Å². The van der Waals surface area contributed by atoms with Gasteiger partial charge in [0.05, 0.1) is 0 Å². The first-order chi connectivity index (χ1) is 17.3. The van der Waals surface area contributed by atoms with Crippen LogP contribution >= 0.6 is 11.8 Å². The van der Waals surface area contributed by atoms with Gasteiger partial charge in [-0.1, -0.05) is 41.5 Å². The number of β-lactam (4-membered cyclic amide) rings is 1. The first kappa shape index (κ1) is 29.7. The molecule has 1 N–H and O–H groups in total. The first-order valence-corrected chi connectivity index (χ1v) is 13.8. The largest absolute Gasteiger partial charge is 0.507 e. The first-order valence-electron chi connectivity index (χ1n) is 12.8. The van der Waals surface area contributed by atoms with Crippen LogP contribution in [0.1, 0.15) is 85.9 Å². The molecule has 208 valence electrons. The van der Waals surface area contributed by atoms with E-state index in [-0.39, 0.29) is 40.2 Å². The molecule has 0 unspecified atom stereocenters. The summed E-state index contributed by atoms with van der Waals surface area (Å²) in [7, 11) is 0. The summed E-state index contributed by atoms with van der Waals surface area (Å²) in [5.74, 6) is -0.717. The fourth-order valence-electron chi connectivity index (χ4n) is 4.32. The lowest BCUT2D eigenvalue weighted by atomic mass is 9.78. The smallest absolute Gasteiger partial charge is 0.355 e. The molecule has 2 aliphatic rings. The van der Waals surface area contributed by atoms with E-state index in [2.05, 4.69) is 4.99 Å². The van der Waals surface area contributed by atoms with Gasteiger partial charge in [-0.05, 0) is 49.3 Å². The van der Waals surface area contributed by atoms with Crippen molar-refractivity contribution >= 4 is 35.8 Å². The van der Waals surface area contributed by atoms with Crippen LogP contribution in [0.25, 0.3) is 0 Å². The number of phenolic OH excluding ortho intramolecular Hbond substituents is 1. The minimum Gasteiger partial charge on any atom is -0.507 e. The molecular formula is C29H40N2O6S. The molecule has 2 aliphatic heterocycles. The number of fused-ring (bicyclic) bond motifs is 1. The number of carbonyl (C=O) groups excluding carboxylic acids is 3. The van der Waals surface area contributed by atoms with Crippen molar-refractivity contribution in [2.75, 3.05) is 12.4 Å². The summed E-state index contributed by atoms with van der Waals surface area (Å²) in [5, 5.41) is 10.6. The minimum absolute atomic E-state index is 0.0833. The highest BCUT2D eigenvalue weighted by atomic mass is 32.2. The maximum absolute atomic E-state index is 13.3. The van der Waals surface area contributed by atoms with Crippen LogP contribution in [-0.4, -0.2) is 63.4 Å². The van der Waals surface area contributed by atoms with E-state index in [0.717, 1.165) is 16.7 Å². The van der Waals surface area contributed by atoms with E-state index in [1.165, 1.54) is 23.6 Å². The van der Waals surface area contributed by atoms with E-state index in [0.29, 0.717) is 11.3 Å². The van der Waals surface area contributed by atoms with Crippen LogP contribution in [0.4, 0.5) is 0 Å². The average molecular weight is 545 g/mol. The Morgan fingerprint density at radius 3 is 2.11 bits per heavy atom.